The van der Waals surface area contributed by atoms with E-state index in [-0.39, 0.29) is 11.5 Å². The highest BCUT2D eigenvalue weighted by Crippen LogP contribution is 2.66. The van der Waals surface area contributed by atoms with Crippen molar-refractivity contribution in [2.24, 2.45) is 34.5 Å². The van der Waals surface area contributed by atoms with Crippen LogP contribution in [0.1, 0.15) is 78.6 Å². The SMILES string of the molecule is C[C@@H]1C=C2CCCC(O)[C@]2(C)[C@H]2CC[C@]3(C)C(N4CCCCC4)=CC[C@H]3[C@H]12. The van der Waals surface area contributed by atoms with Crippen molar-refractivity contribution in [3.05, 3.63) is 23.4 Å². The van der Waals surface area contributed by atoms with Crippen LogP contribution in [0.4, 0.5) is 0 Å². The van der Waals surface area contributed by atoms with Gasteiger partial charge in [-0.15, -0.1) is 0 Å². The Bertz CT molecular complexity index is 659. The molecule has 0 aromatic carbocycles. The first-order chi connectivity index (χ1) is 13.0. The molecular formula is C25H39NO. The van der Waals surface area contributed by atoms with E-state index in [0.29, 0.717) is 17.3 Å². The summed E-state index contributed by atoms with van der Waals surface area (Å²) in [5, 5.41) is 11.1. The average molecular weight is 370 g/mol. The number of fused-ring (bicyclic) bond motifs is 5. The van der Waals surface area contributed by atoms with Gasteiger partial charge in [-0.25, -0.2) is 0 Å². The molecule has 5 rings (SSSR count). The Balaban J connectivity index is 1.48. The number of hydrogen-bond donors (Lipinski definition) is 1. The molecule has 0 radical (unpaired) electrons. The number of hydrogen-bond acceptors (Lipinski definition) is 2. The van der Waals surface area contributed by atoms with Crippen molar-refractivity contribution in [2.75, 3.05) is 13.1 Å². The highest BCUT2D eigenvalue weighted by atomic mass is 16.3. The first-order valence-electron chi connectivity index (χ1n) is 11.8. The smallest absolute Gasteiger partial charge is 0.0633 e. The normalized spacial score (nSPS) is 49.6. The van der Waals surface area contributed by atoms with Gasteiger partial charge in [-0.1, -0.05) is 38.5 Å². The second-order valence-electron chi connectivity index (χ2n) is 10.9. The van der Waals surface area contributed by atoms with Crippen molar-refractivity contribution in [3.8, 4) is 0 Å². The first-order valence-corrected chi connectivity index (χ1v) is 11.8. The van der Waals surface area contributed by atoms with Gasteiger partial charge in [0.15, 0.2) is 0 Å². The Kier molecular flexibility index (Phi) is 4.31. The third-order valence-electron chi connectivity index (χ3n) is 9.72. The monoisotopic (exact) mass is 369 g/mol. The van der Waals surface area contributed by atoms with Crippen LogP contribution in [0.2, 0.25) is 0 Å². The van der Waals surface area contributed by atoms with Crippen LogP contribution in [0.25, 0.3) is 0 Å². The molecule has 1 heterocycles. The van der Waals surface area contributed by atoms with Crippen molar-refractivity contribution in [3.63, 3.8) is 0 Å². The van der Waals surface area contributed by atoms with Crippen LogP contribution in [0, 0.1) is 34.5 Å². The molecule has 5 aliphatic rings. The van der Waals surface area contributed by atoms with Gasteiger partial charge in [0.2, 0.25) is 0 Å². The lowest BCUT2D eigenvalue weighted by atomic mass is 9.45. The molecule has 1 saturated heterocycles. The van der Waals surface area contributed by atoms with Crippen LogP contribution in [-0.4, -0.2) is 29.2 Å². The zero-order chi connectivity index (χ0) is 18.8. The quantitative estimate of drug-likeness (QED) is 0.614. The fourth-order valence-electron chi connectivity index (χ4n) is 8.25. The molecule has 2 heteroatoms. The van der Waals surface area contributed by atoms with Crippen LogP contribution in [0.3, 0.4) is 0 Å². The summed E-state index contributed by atoms with van der Waals surface area (Å²) in [6.07, 6.45) is 16.6. The third-order valence-corrected chi connectivity index (χ3v) is 9.72. The highest BCUT2D eigenvalue weighted by molar-refractivity contribution is 5.31. The van der Waals surface area contributed by atoms with Crippen molar-refractivity contribution < 1.29 is 5.11 Å². The third kappa shape index (κ3) is 2.47. The molecule has 150 valence electrons. The number of aliphatic hydroxyl groups excluding tert-OH is 1. The lowest BCUT2D eigenvalue weighted by molar-refractivity contribution is -0.0941. The molecular weight excluding hydrogens is 330 g/mol. The average Bonchev–Trinajstić information content (AvgIpc) is 3.02. The van der Waals surface area contributed by atoms with E-state index in [1.54, 1.807) is 11.3 Å². The van der Waals surface area contributed by atoms with E-state index in [2.05, 4.69) is 37.8 Å². The lowest BCUT2D eigenvalue weighted by Crippen LogP contribution is -2.56. The summed E-state index contributed by atoms with van der Waals surface area (Å²) >= 11 is 0. The second kappa shape index (κ2) is 6.37. The molecule has 0 aromatic heterocycles. The van der Waals surface area contributed by atoms with Crippen molar-refractivity contribution >= 4 is 0 Å². The Labute approximate surface area is 166 Å². The Morgan fingerprint density at radius 1 is 1.04 bits per heavy atom. The Morgan fingerprint density at radius 2 is 1.81 bits per heavy atom. The zero-order valence-electron chi connectivity index (χ0n) is 17.7. The molecule has 1 aliphatic heterocycles. The van der Waals surface area contributed by atoms with Gasteiger partial charge in [0.1, 0.15) is 0 Å². The highest BCUT2D eigenvalue weighted by Gasteiger charge is 2.60. The van der Waals surface area contributed by atoms with Crippen LogP contribution < -0.4 is 0 Å². The molecule has 2 nitrogen and oxygen atoms in total. The molecule has 1 N–H and O–H groups in total. The fourth-order valence-corrected chi connectivity index (χ4v) is 8.25. The van der Waals surface area contributed by atoms with Crippen molar-refractivity contribution in [1.29, 1.82) is 0 Å². The fraction of sp³-hybridized carbons (Fsp3) is 0.840. The van der Waals surface area contributed by atoms with Crippen LogP contribution >= 0.6 is 0 Å². The number of nitrogens with zero attached hydrogens (tertiary/aromatic N) is 1. The summed E-state index contributed by atoms with van der Waals surface area (Å²) in [5.41, 5.74) is 3.71. The minimum Gasteiger partial charge on any atom is -0.392 e. The molecule has 3 fully saturated rings. The predicted octanol–water partition coefficient (Wildman–Crippen LogP) is 5.54. The van der Waals surface area contributed by atoms with E-state index in [9.17, 15) is 5.11 Å². The van der Waals surface area contributed by atoms with E-state index in [1.165, 1.54) is 64.5 Å². The second-order valence-corrected chi connectivity index (χ2v) is 10.9. The number of aliphatic hydroxyl groups is 1. The molecule has 0 spiro atoms. The van der Waals surface area contributed by atoms with Gasteiger partial charge in [-0.3, -0.25) is 0 Å². The molecule has 27 heavy (non-hydrogen) atoms. The van der Waals surface area contributed by atoms with E-state index in [1.807, 2.05) is 0 Å². The van der Waals surface area contributed by atoms with Crippen LogP contribution in [0.15, 0.2) is 23.4 Å². The van der Waals surface area contributed by atoms with E-state index in [4.69, 9.17) is 0 Å². The lowest BCUT2D eigenvalue weighted by Gasteiger charge is -2.60. The number of rotatable bonds is 1. The summed E-state index contributed by atoms with van der Waals surface area (Å²) in [4.78, 5) is 2.75. The van der Waals surface area contributed by atoms with Crippen LogP contribution in [0.5, 0.6) is 0 Å². The summed E-state index contributed by atoms with van der Waals surface area (Å²) in [6.45, 7) is 10.0. The maximum absolute atomic E-state index is 11.1. The molecule has 0 aromatic rings. The molecule has 0 amide bonds. The van der Waals surface area contributed by atoms with Crippen molar-refractivity contribution in [1.82, 2.24) is 4.90 Å². The van der Waals surface area contributed by atoms with Crippen LogP contribution in [-0.2, 0) is 0 Å². The Morgan fingerprint density at radius 3 is 2.59 bits per heavy atom. The summed E-state index contributed by atoms with van der Waals surface area (Å²) in [6, 6.07) is 0. The molecule has 2 saturated carbocycles. The van der Waals surface area contributed by atoms with Gasteiger partial charge in [-0.05, 0) is 81.5 Å². The number of likely N-dealkylation sites (tertiary alicyclic amines) is 1. The summed E-state index contributed by atoms with van der Waals surface area (Å²) in [5.74, 6) is 2.85. The molecule has 0 bridgehead atoms. The maximum atomic E-state index is 11.1. The summed E-state index contributed by atoms with van der Waals surface area (Å²) < 4.78 is 0. The predicted molar refractivity (Wildman–Crippen MR) is 111 cm³/mol. The minimum atomic E-state index is -0.127. The first kappa shape index (κ1) is 18.3. The largest absolute Gasteiger partial charge is 0.392 e. The molecule has 4 aliphatic carbocycles. The van der Waals surface area contributed by atoms with Gasteiger partial charge in [-0.2, -0.15) is 0 Å². The Hall–Kier alpha value is -0.760. The zero-order valence-corrected chi connectivity index (χ0v) is 17.7. The standard InChI is InChI=1S/C25H39NO/c1-17-16-18-8-7-9-22(27)25(18,3)20-12-13-24(2)19(23(17)20)10-11-21(24)26-14-5-4-6-15-26/h11,16-17,19-20,22-23,27H,4-10,12-15H2,1-3H3/t17-,19+,20+,22?,23+,24+,25+/m1/s1. The number of allylic oxidation sites excluding steroid dienone is 3. The molecule has 1 unspecified atom stereocenters. The topological polar surface area (TPSA) is 23.5 Å². The van der Waals surface area contributed by atoms with Gasteiger partial charge in [0, 0.05) is 29.6 Å². The molecule has 7 atom stereocenters. The maximum Gasteiger partial charge on any atom is 0.0633 e. The van der Waals surface area contributed by atoms with E-state index in [0.717, 1.165) is 18.3 Å². The van der Waals surface area contributed by atoms with Gasteiger partial charge in [0.05, 0.1) is 6.10 Å². The van der Waals surface area contributed by atoms with E-state index < -0.39 is 0 Å². The van der Waals surface area contributed by atoms with Gasteiger partial charge >= 0.3 is 0 Å². The van der Waals surface area contributed by atoms with Crippen molar-refractivity contribution in [2.45, 2.75) is 84.7 Å². The van der Waals surface area contributed by atoms with Gasteiger partial charge < -0.3 is 10.0 Å². The number of piperidine rings is 1. The van der Waals surface area contributed by atoms with E-state index >= 15 is 0 Å². The van der Waals surface area contributed by atoms with Gasteiger partial charge in [0.25, 0.3) is 0 Å². The summed E-state index contributed by atoms with van der Waals surface area (Å²) in [7, 11) is 0. The minimum absolute atomic E-state index is 0.0463.